The summed E-state index contributed by atoms with van der Waals surface area (Å²) in [5.74, 6) is -3.09. The molecule has 0 aromatic heterocycles. The van der Waals surface area contributed by atoms with Crippen LogP contribution in [-0.4, -0.2) is 55.2 Å². The zero-order chi connectivity index (χ0) is 13.5. The molecule has 7 nitrogen and oxygen atoms in total. The Morgan fingerprint density at radius 2 is 2.06 bits per heavy atom. The Hall–Kier alpha value is -1.41. The molecule has 0 aromatic carbocycles. The van der Waals surface area contributed by atoms with E-state index in [1.807, 2.05) is 0 Å². The molecular weight excluding hydrogens is 250 g/mol. The second-order valence-electron chi connectivity index (χ2n) is 3.04. The number of carboxylic acids is 1. The van der Waals surface area contributed by atoms with E-state index in [1.54, 1.807) is 6.92 Å². The molecule has 17 heavy (non-hydrogen) atoms. The van der Waals surface area contributed by atoms with Crippen molar-refractivity contribution in [1.82, 2.24) is 4.31 Å². The van der Waals surface area contributed by atoms with Crippen molar-refractivity contribution < 1.29 is 27.9 Å². The maximum atomic E-state index is 11.7. The average molecular weight is 265 g/mol. The smallest absolute Gasteiger partial charge is 0.322 e. The van der Waals surface area contributed by atoms with Crippen LogP contribution in [0.4, 0.5) is 0 Å². The Labute approximate surface area is 99.7 Å². The van der Waals surface area contributed by atoms with Crippen LogP contribution in [0.15, 0.2) is 12.7 Å². The molecule has 0 spiro atoms. The number of carbonyl (C=O) groups excluding carboxylic acids is 1. The third kappa shape index (κ3) is 6.03. The normalized spacial score (nSPS) is 11.2. The van der Waals surface area contributed by atoms with Gasteiger partial charge in [0.1, 0.15) is 6.54 Å². The molecule has 8 heteroatoms. The van der Waals surface area contributed by atoms with Crippen LogP contribution in [0.2, 0.25) is 0 Å². The zero-order valence-corrected chi connectivity index (χ0v) is 10.3. The topological polar surface area (TPSA) is 101 Å². The highest BCUT2D eigenvalue weighted by atomic mass is 32.2. The van der Waals surface area contributed by atoms with Crippen molar-refractivity contribution in [2.45, 2.75) is 6.92 Å². The monoisotopic (exact) mass is 265 g/mol. The molecule has 0 aliphatic rings. The minimum Gasteiger partial charge on any atom is -0.480 e. The lowest BCUT2D eigenvalue weighted by molar-refractivity contribution is -0.140. The molecule has 0 saturated carbocycles. The maximum Gasteiger partial charge on any atom is 0.322 e. The van der Waals surface area contributed by atoms with E-state index in [2.05, 4.69) is 11.3 Å². The fourth-order valence-electron chi connectivity index (χ4n) is 1.01. The molecule has 0 rings (SSSR count). The highest BCUT2D eigenvalue weighted by Crippen LogP contribution is 2.02. The van der Waals surface area contributed by atoms with E-state index < -0.39 is 34.3 Å². The molecule has 0 radical (unpaired) electrons. The van der Waals surface area contributed by atoms with Crippen LogP contribution in [0.1, 0.15) is 6.92 Å². The van der Waals surface area contributed by atoms with Crippen molar-refractivity contribution >= 4 is 22.0 Å². The molecule has 1 N–H and O–H groups in total. The number of hydrogen-bond acceptors (Lipinski definition) is 5. The number of carbonyl (C=O) groups is 2. The Kier molecular flexibility index (Phi) is 6.44. The summed E-state index contributed by atoms with van der Waals surface area (Å²) in [6.07, 6.45) is 1.24. The summed E-state index contributed by atoms with van der Waals surface area (Å²) in [6, 6.07) is 0. The van der Waals surface area contributed by atoms with Gasteiger partial charge in [-0.3, -0.25) is 9.59 Å². The summed E-state index contributed by atoms with van der Waals surface area (Å²) in [7, 11) is -3.99. The summed E-state index contributed by atoms with van der Waals surface area (Å²) in [6.45, 7) is 4.04. The summed E-state index contributed by atoms with van der Waals surface area (Å²) < 4.78 is 28.5. The van der Waals surface area contributed by atoms with Crippen LogP contribution in [0.3, 0.4) is 0 Å². The molecule has 0 heterocycles. The van der Waals surface area contributed by atoms with Gasteiger partial charge < -0.3 is 9.84 Å². The van der Waals surface area contributed by atoms with Crippen molar-refractivity contribution in [3.63, 3.8) is 0 Å². The molecule has 98 valence electrons. The predicted molar refractivity (Wildman–Crippen MR) is 59.8 cm³/mol. The van der Waals surface area contributed by atoms with E-state index in [-0.39, 0.29) is 13.2 Å². The summed E-state index contributed by atoms with van der Waals surface area (Å²) in [5, 5.41) is 8.55. The number of esters is 1. The van der Waals surface area contributed by atoms with Crippen molar-refractivity contribution in [3.05, 3.63) is 12.7 Å². The summed E-state index contributed by atoms with van der Waals surface area (Å²) >= 11 is 0. The van der Waals surface area contributed by atoms with Crippen molar-refractivity contribution in [2.75, 3.05) is 25.4 Å². The fraction of sp³-hybridized carbons (Fsp3) is 0.556. The van der Waals surface area contributed by atoms with E-state index >= 15 is 0 Å². The molecule has 0 atom stereocenters. The highest BCUT2D eigenvalue weighted by molar-refractivity contribution is 7.89. The van der Waals surface area contributed by atoms with Crippen LogP contribution >= 0.6 is 0 Å². The first-order valence-electron chi connectivity index (χ1n) is 4.79. The standard InChI is InChI=1S/C9H15NO6S/c1-3-5-10(6-8(11)12)17(14,15)7-9(13)16-4-2/h3H,1,4-7H2,2H3,(H,11,12). The number of aliphatic carboxylic acids is 1. The van der Waals surface area contributed by atoms with Gasteiger partial charge in [-0.15, -0.1) is 6.58 Å². The molecule has 0 saturated heterocycles. The van der Waals surface area contributed by atoms with Crippen molar-refractivity contribution in [3.8, 4) is 0 Å². The SMILES string of the molecule is C=CCN(CC(=O)O)S(=O)(=O)CC(=O)OCC. The second-order valence-corrected chi connectivity index (χ2v) is 5.01. The Bertz CT molecular complexity index is 388. The van der Waals surface area contributed by atoms with Gasteiger partial charge >= 0.3 is 11.9 Å². The Morgan fingerprint density at radius 1 is 1.47 bits per heavy atom. The Balaban J connectivity index is 4.76. The lowest BCUT2D eigenvalue weighted by atomic mass is 10.6. The maximum absolute atomic E-state index is 11.7. The number of sulfonamides is 1. The molecule has 0 unspecified atom stereocenters. The van der Waals surface area contributed by atoms with Gasteiger partial charge in [0.25, 0.3) is 0 Å². The quantitative estimate of drug-likeness (QED) is 0.467. The molecule has 0 aliphatic heterocycles. The largest absolute Gasteiger partial charge is 0.480 e. The van der Waals surface area contributed by atoms with Crippen LogP contribution in [-0.2, 0) is 24.3 Å². The molecular formula is C9H15NO6S. The summed E-state index contributed by atoms with van der Waals surface area (Å²) in [5.41, 5.74) is 0. The fourth-order valence-corrected chi connectivity index (χ4v) is 2.22. The van der Waals surface area contributed by atoms with E-state index in [4.69, 9.17) is 5.11 Å². The summed E-state index contributed by atoms with van der Waals surface area (Å²) in [4.78, 5) is 21.5. The predicted octanol–water partition coefficient (Wildman–Crippen LogP) is -0.548. The molecule has 0 aliphatic carbocycles. The molecule has 0 bridgehead atoms. The van der Waals surface area contributed by atoms with Gasteiger partial charge in [-0.2, -0.15) is 4.31 Å². The first kappa shape index (κ1) is 15.6. The number of rotatable bonds is 8. The second kappa shape index (κ2) is 7.02. The molecule has 0 aromatic rings. The van der Waals surface area contributed by atoms with Gasteiger partial charge in [-0.1, -0.05) is 6.08 Å². The third-order valence-corrected chi connectivity index (χ3v) is 3.31. The first-order chi connectivity index (χ1) is 7.83. The average Bonchev–Trinajstić information content (AvgIpc) is 2.15. The lowest BCUT2D eigenvalue weighted by Crippen LogP contribution is -2.39. The number of ether oxygens (including phenoxy) is 1. The van der Waals surface area contributed by atoms with Gasteiger partial charge in [0.2, 0.25) is 10.0 Å². The number of carboxylic acid groups (broad SMARTS) is 1. The first-order valence-corrected chi connectivity index (χ1v) is 6.40. The van der Waals surface area contributed by atoms with Gasteiger partial charge in [0, 0.05) is 6.54 Å². The van der Waals surface area contributed by atoms with Gasteiger partial charge in [0.15, 0.2) is 5.75 Å². The van der Waals surface area contributed by atoms with E-state index in [0.29, 0.717) is 4.31 Å². The molecule has 0 fully saturated rings. The van der Waals surface area contributed by atoms with Crippen molar-refractivity contribution in [1.29, 1.82) is 0 Å². The van der Waals surface area contributed by atoms with Crippen LogP contribution < -0.4 is 0 Å². The molecule has 0 amide bonds. The van der Waals surface area contributed by atoms with E-state index in [1.165, 1.54) is 6.08 Å². The lowest BCUT2D eigenvalue weighted by Gasteiger charge is -2.17. The minimum absolute atomic E-state index is 0.0642. The van der Waals surface area contributed by atoms with Crippen LogP contribution in [0, 0.1) is 0 Å². The van der Waals surface area contributed by atoms with Gasteiger partial charge in [-0.25, -0.2) is 8.42 Å². The number of nitrogens with zero attached hydrogens (tertiary/aromatic N) is 1. The van der Waals surface area contributed by atoms with Crippen LogP contribution in [0.5, 0.6) is 0 Å². The minimum atomic E-state index is -3.99. The van der Waals surface area contributed by atoms with E-state index in [9.17, 15) is 18.0 Å². The van der Waals surface area contributed by atoms with E-state index in [0.717, 1.165) is 0 Å². The Morgan fingerprint density at radius 3 is 2.47 bits per heavy atom. The zero-order valence-electron chi connectivity index (χ0n) is 9.46. The highest BCUT2D eigenvalue weighted by Gasteiger charge is 2.26. The number of hydrogen-bond donors (Lipinski definition) is 1. The van der Waals surface area contributed by atoms with Crippen molar-refractivity contribution in [2.24, 2.45) is 0 Å². The van der Waals surface area contributed by atoms with Gasteiger partial charge in [-0.05, 0) is 6.92 Å². The van der Waals surface area contributed by atoms with Crippen LogP contribution in [0.25, 0.3) is 0 Å². The van der Waals surface area contributed by atoms with Gasteiger partial charge in [0.05, 0.1) is 6.61 Å². The third-order valence-electron chi connectivity index (χ3n) is 1.64.